The van der Waals surface area contributed by atoms with E-state index in [4.69, 9.17) is 0 Å². The number of aliphatic carboxylic acids is 2. The molecule has 4 nitrogen and oxygen atoms in total. The van der Waals surface area contributed by atoms with Gasteiger partial charge < -0.3 is 19.8 Å². The van der Waals surface area contributed by atoms with Crippen LogP contribution in [0.1, 0.15) is 104 Å². The molecule has 0 atom stereocenters. The smallest absolute Gasteiger partial charge is 0.550 e. The third-order valence-corrected chi connectivity index (χ3v) is 3.47. The molecule has 0 aliphatic rings. The van der Waals surface area contributed by atoms with Crippen LogP contribution >= 0.6 is 0 Å². The molecule has 0 aromatic heterocycles. The van der Waals surface area contributed by atoms with Crippen LogP contribution in [-0.4, -0.2) is 11.9 Å². The molecule has 0 fully saturated rings. The van der Waals surface area contributed by atoms with Crippen molar-refractivity contribution in [2.24, 2.45) is 0 Å². The van der Waals surface area contributed by atoms with E-state index in [0.29, 0.717) is 0 Å². The molecular formula is C18H34FeO4. The normalized spacial score (nSPS) is 9.48. The molecule has 138 valence electrons. The molecule has 0 bridgehead atoms. The van der Waals surface area contributed by atoms with E-state index in [1.54, 1.807) is 0 Å². The molecule has 0 saturated carbocycles. The first-order valence-electron chi connectivity index (χ1n) is 8.94. The van der Waals surface area contributed by atoms with Gasteiger partial charge in [0.2, 0.25) is 0 Å². The fourth-order valence-corrected chi connectivity index (χ4v) is 2.10. The number of carboxylic acid groups (broad SMARTS) is 2. The second kappa shape index (κ2) is 23.7. The molecule has 0 aliphatic carbocycles. The molecule has 0 amide bonds. The van der Waals surface area contributed by atoms with Crippen molar-refractivity contribution < 1.29 is 36.9 Å². The Morgan fingerprint density at radius 3 is 1.09 bits per heavy atom. The van der Waals surface area contributed by atoms with Crippen molar-refractivity contribution in [1.82, 2.24) is 0 Å². The number of carboxylic acids is 2. The second-order valence-electron chi connectivity index (χ2n) is 5.78. The summed E-state index contributed by atoms with van der Waals surface area (Å²) < 4.78 is 0. The quantitative estimate of drug-likeness (QED) is 0.348. The average molecular weight is 370 g/mol. The second-order valence-corrected chi connectivity index (χ2v) is 5.78. The zero-order chi connectivity index (χ0) is 17.1. The molecule has 23 heavy (non-hydrogen) atoms. The van der Waals surface area contributed by atoms with Crippen molar-refractivity contribution in [3.8, 4) is 0 Å². The van der Waals surface area contributed by atoms with E-state index in [2.05, 4.69) is 13.8 Å². The van der Waals surface area contributed by atoms with E-state index in [1.807, 2.05) is 0 Å². The molecule has 0 heterocycles. The van der Waals surface area contributed by atoms with Gasteiger partial charge in [0.1, 0.15) is 0 Å². The Morgan fingerprint density at radius 1 is 0.565 bits per heavy atom. The maximum absolute atomic E-state index is 9.98. The van der Waals surface area contributed by atoms with Gasteiger partial charge in [0, 0.05) is 11.9 Å². The summed E-state index contributed by atoms with van der Waals surface area (Å²) in [5.74, 6) is -1.83. The van der Waals surface area contributed by atoms with Gasteiger partial charge in [-0.1, -0.05) is 78.1 Å². The van der Waals surface area contributed by atoms with E-state index >= 15 is 0 Å². The number of hydrogen-bond donors (Lipinski definition) is 0. The summed E-state index contributed by atoms with van der Waals surface area (Å²) >= 11 is 0. The largest absolute Gasteiger partial charge is 2.00 e. The summed E-state index contributed by atoms with van der Waals surface area (Å²) in [7, 11) is 0. The number of hydrogen-bond acceptors (Lipinski definition) is 4. The monoisotopic (exact) mass is 370 g/mol. The maximum atomic E-state index is 9.98. The molecule has 0 aromatic rings. The number of carbonyl (C=O) groups is 2. The van der Waals surface area contributed by atoms with Crippen LogP contribution in [0.3, 0.4) is 0 Å². The van der Waals surface area contributed by atoms with Crippen LogP contribution < -0.4 is 10.2 Å². The van der Waals surface area contributed by atoms with E-state index < -0.39 is 11.9 Å². The van der Waals surface area contributed by atoms with Gasteiger partial charge in [-0.25, -0.2) is 0 Å². The predicted molar refractivity (Wildman–Crippen MR) is 86.0 cm³/mol. The molecule has 5 heteroatoms. The first-order valence-corrected chi connectivity index (χ1v) is 8.94. The van der Waals surface area contributed by atoms with Gasteiger partial charge in [0.25, 0.3) is 0 Å². The van der Waals surface area contributed by atoms with Crippen molar-refractivity contribution in [3.05, 3.63) is 0 Å². The Morgan fingerprint density at radius 2 is 0.826 bits per heavy atom. The van der Waals surface area contributed by atoms with E-state index in [1.165, 1.54) is 51.4 Å². The van der Waals surface area contributed by atoms with Crippen molar-refractivity contribution in [1.29, 1.82) is 0 Å². The molecule has 0 spiro atoms. The zero-order valence-corrected chi connectivity index (χ0v) is 16.0. The van der Waals surface area contributed by atoms with Crippen molar-refractivity contribution >= 4 is 11.9 Å². The average Bonchev–Trinajstić information content (AvgIpc) is 2.46. The number of carbonyl (C=O) groups excluding carboxylic acids is 2. The minimum Gasteiger partial charge on any atom is -0.550 e. The Balaban J connectivity index is -0.000000333. The van der Waals surface area contributed by atoms with Crippen LogP contribution in [-0.2, 0) is 26.7 Å². The topological polar surface area (TPSA) is 80.3 Å². The molecular weight excluding hydrogens is 336 g/mol. The minimum absolute atomic E-state index is 0. The molecule has 0 N–H and O–H groups in total. The van der Waals surface area contributed by atoms with Gasteiger partial charge in [-0.05, 0) is 25.7 Å². The maximum Gasteiger partial charge on any atom is 2.00 e. The van der Waals surface area contributed by atoms with Crippen LogP contribution in [0.15, 0.2) is 0 Å². The fourth-order valence-electron chi connectivity index (χ4n) is 2.10. The van der Waals surface area contributed by atoms with Gasteiger partial charge >= 0.3 is 17.1 Å². The van der Waals surface area contributed by atoms with Crippen LogP contribution in [0.25, 0.3) is 0 Å². The van der Waals surface area contributed by atoms with E-state index in [0.717, 1.165) is 25.7 Å². The van der Waals surface area contributed by atoms with Crippen LogP contribution in [0.2, 0.25) is 0 Å². The predicted octanol–water partition coefficient (Wildman–Crippen LogP) is 2.97. The molecule has 0 unspecified atom stereocenters. The first-order chi connectivity index (χ1) is 10.5. The van der Waals surface area contributed by atoms with Gasteiger partial charge in [0.15, 0.2) is 0 Å². The standard InChI is InChI=1S/2C9H18O2.Fe/c2*1-2-3-4-5-6-7-8-9(10)11;/h2*2-8H2,1H3,(H,10,11);/q;;+2/p-2. The van der Waals surface area contributed by atoms with Gasteiger partial charge in [-0.15, -0.1) is 0 Å². The first kappa shape index (κ1) is 27.3. The number of unbranched alkanes of at least 4 members (excludes halogenated alkanes) is 10. The van der Waals surface area contributed by atoms with Crippen molar-refractivity contribution in [2.75, 3.05) is 0 Å². The zero-order valence-electron chi connectivity index (χ0n) is 14.9. The van der Waals surface area contributed by atoms with Gasteiger partial charge in [-0.3, -0.25) is 0 Å². The molecule has 0 radical (unpaired) electrons. The minimum atomic E-state index is -0.916. The summed E-state index contributed by atoms with van der Waals surface area (Å²) in [6, 6.07) is 0. The molecule has 0 saturated heterocycles. The van der Waals surface area contributed by atoms with Gasteiger partial charge in [-0.2, -0.15) is 0 Å². The van der Waals surface area contributed by atoms with E-state index in [-0.39, 0.29) is 29.9 Å². The fraction of sp³-hybridized carbons (Fsp3) is 0.889. The summed E-state index contributed by atoms with van der Waals surface area (Å²) in [4.78, 5) is 20.0. The SMILES string of the molecule is CCCCCCCCC(=O)[O-].CCCCCCCCC(=O)[O-].[Fe+2]. The van der Waals surface area contributed by atoms with Crippen LogP contribution in [0, 0.1) is 0 Å². The van der Waals surface area contributed by atoms with Gasteiger partial charge in [0.05, 0.1) is 0 Å². The Kier molecular flexibility index (Phi) is 28.2. The third kappa shape index (κ3) is 34.0. The summed E-state index contributed by atoms with van der Waals surface area (Å²) in [5.41, 5.74) is 0. The Labute approximate surface area is 152 Å². The molecule has 0 rings (SSSR count). The molecule has 0 aromatic carbocycles. The summed E-state index contributed by atoms with van der Waals surface area (Å²) in [6.45, 7) is 4.34. The van der Waals surface area contributed by atoms with Crippen LogP contribution in [0.4, 0.5) is 0 Å². The van der Waals surface area contributed by atoms with E-state index in [9.17, 15) is 19.8 Å². The Bertz CT molecular complexity index is 231. The molecule has 0 aliphatic heterocycles. The summed E-state index contributed by atoms with van der Waals surface area (Å²) in [6.07, 6.45) is 13.9. The van der Waals surface area contributed by atoms with Crippen molar-refractivity contribution in [3.63, 3.8) is 0 Å². The number of rotatable bonds is 14. The van der Waals surface area contributed by atoms with Crippen molar-refractivity contribution in [2.45, 2.75) is 104 Å². The third-order valence-electron chi connectivity index (χ3n) is 3.47. The van der Waals surface area contributed by atoms with Crippen LogP contribution in [0.5, 0.6) is 0 Å². The summed E-state index contributed by atoms with van der Waals surface area (Å²) in [5, 5.41) is 20.0. The Hall–Kier alpha value is -0.541.